The Balaban J connectivity index is 1.86. The molecule has 0 saturated heterocycles. The minimum Gasteiger partial charge on any atom is -0.493 e. The lowest BCUT2D eigenvalue weighted by molar-refractivity contribution is 0.327. The molecule has 1 aromatic carbocycles. The molecule has 1 atom stereocenters. The molecule has 1 unspecified atom stereocenters. The lowest BCUT2D eigenvalue weighted by atomic mass is 9.91. The van der Waals surface area contributed by atoms with Crippen molar-refractivity contribution < 1.29 is 14.2 Å². The van der Waals surface area contributed by atoms with Crippen LogP contribution in [0.1, 0.15) is 25.7 Å². The molecule has 25 heavy (non-hydrogen) atoms. The molecule has 0 fully saturated rings. The summed E-state index contributed by atoms with van der Waals surface area (Å²) >= 11 is 0. The van der Waals surface area contributed by atoms with Gasteiger partial charge in [0.25, 0.3) is 0 Å². The van der Waals surface area contributed by atoms with Gasteiger partial charge in [0.15, 0.2) is 11.5 Å². The number of fused-ring (bicyclic) bond motifs is 1. The summed E-state index contributed by atoms with van der Waals surface area (Å²) in [5, 5.41) is 4.31. The largest absolute Gasteiger partial charge is 0.493 e. The first-order chi connectivity index (χ1) is 12.3. The maximum absolute atomic E-state index is 5.52. The lowest BCUT2D eigenvalue weighted by Gasteiger charge is -2.19. The summed E-state index contributed by atoms with van der Waals surface area (Å²) in [5.41, 5.74) is 0.707. The number of nitrogens with zero attached hydrogens (tertiary/aromatic N) is 2. The molecule has 1 aliphatic rings. The summed E-state index contributed by atoms with van der Waals surface area (Å²) in [5.74, 6) is 3.23. The van der Waals surface area contributed by atoms with E-state index in [4.69, 9.17) is 14.2 Å². The predicted molar refractivity (Wildman–Crippen MR) is 98.8 cm³/mol. The fourth-order valence-electron chi connectivity index (χ4n) is 3.32. The third-order valence-electron chi connectivity index (χ3n) is 4.66. The Hall–Kier alpha value is -2.50. The van der Waals surface area contributed by atoms with E-state index in [0.29, 0.717) is 22.8 Å². The first-order valence-corrected chi connectivity index (χ1v) is 8.61. The van der Waals surface area contributed by atoms with E-state index in [1.54, 1.807) is 27.7 Å². The Morgan fingerprint density at radius 3 is 2.60 bits per heavy atom. The summed E-state index contributed by atoms with van der Waals surface area (Å²) in [6.45, 7) is 0.876. The number of methoxy groups -OCH3 is 3. The molecule has 1 aliphatic carbocycles. The topological polar surface area (TPSA) is 65.5 Å². The number of ether oxygens (including phenoxy) is 3. The molecule has 0 amide bonds. The smallest absolute Gasteiger partial charge is 0.205 e. The van der Waals surface area contributed by atoms with Crippen LogP contribution in [0.4, 0.5) is 5.82 Å². The van der Waals surface area contributed by atoms with Crippen LogP contribution < -0.4 is 19.5 Å². The van der Waals surface area contributed by atoms with E-state index in [0.717, 1.165) is 30.1 Å². The Bertz CT molecular complexity index is 761. The molecule has 6 nitrogen and oxygen atoms in total. The van der Waals surface area contributed by atoms with Crippen LogP contribution in [0.15, 0.2) is 24.5 Å². The van der Waals surface area contributed by atoms with Gasteiger partial charge in [0.05, 0.1) is 26.7 Å². The van der Waals surface area contributed by atoms with Crippen molar-refractivity contribution >= 4 is 16.7 Å². The van der Waals surface area contributed by atoms with Gasteiger partial charge < -0.3 is 19.5 Å². The van der Waals surface area contributed by atoms with Crippen molar-refractivity contribution in [1.29, 1.82) is 0 Å². The number of hydrogen-bond acceptors (Lipinski definition) is 6. The van der Waals surface area contributed by atoms with E-state index in [1.807, 2.05) is 6.07 Å². The minimum absolute atomic E-state index is 0.538. The molecule has 1 aromatic heterocycles. The van der Waals surface area contributed by atoms with Crippen LogP contribution in [0.25, 0.3) is 10.9 Å². The van der Waals surface area contributed by atoms with Crippen LogP contribution in [-0.4, -0.2) is 37.8 Å². The zero-order chi connectivity index (χ0) is 17.6. The van der Waals surface area contributed by atoms with Crippen molar-refractivity contribution in [3.8, 4) is 17.2 Å². The number of aromatic nitrogens is 2. The van der Waals surface area contributed by atoms with Gasteiger partial charge in [-0.15, -0.1) is 0 Å². The number of rotatable bonds is 7. The molecule has 2 aromatic rings. The highest BCUT2D eigenvalue weighted by Gasteiger charge is 2.19. The quantitative estimate of drug-likeness (QED) is 0.771. The SMILES string of the molecule is COc1cc2c(NCCC3CC=CCC3)ncnc2c(OC)c1OC. The second kappa shape index (κ2) is 8.05. The third kappa shape index (κ3) is 3.62. The molecular weight excluding hydrogens is 318 g/mol. The fourth-order valence-corrected chi connectivity index (χ4v) is 3.32. The van der Waals surface area contributed by atoms with Crippen LogP contribution in [0.5, 0.6) is 17.2 Å². The van der Waals surface area contributed by atoms with Gasteiger partial charge in [0, 0.05) is 6.54 Å². The van der Waals surface area contributed by atoms with Gasteiger partial charge >= 0.3 is 0 Å². The van der Waals surface area contributed by atoms with Crippen LogP contribution in [0.2, 0.25) is 0 Å². The Kier molecular flexibility index (Phi) is 5.58. The van der Waals surface area contributed by atoms with Crippen molar-refractivity contribution in [2.24, 2.45) is 5.92 Å². The molecule has 1 N–H and O–H groups in total. The highest BCUT2D eigenvalue weighted by molar-refractivity contribution is 5.96. The second-order valence-corrected chi connectivity index (χ2v) is 6.13. The van der Waals surface area contributed by atoms with E-state index < -0.39 is 0 Å². The zero-order valence-electron chi connectivity index (χ0n) is 15.0. The summed E-state index contributed by atoms with van der Waals surface area (Å²) in [6.07, 6.45) is 10.9. The van der Waals surface area contributed by atoms with Crippen LogP contribution in [0.3, 0.4) is 0 Å². The number of allylic oxidation sites excluding steroid dienone is 2. The highest BCUT2D eigenvalue weighted by Crippen LogP contribution is 2.43. The lowest BCUT2D eigenvalue weighted by Crippen LogP contribution is -2.11. The molecule has 0 radical (unpaired) electrons. The van der Waals surface area contributed by atoms with Gasteiger partial charge in [-0.2, -0.15) is 0 Å². The zero-order valence-corrected chi connectivity index (χ0v) is 15.0. The molecule has 6 heteroatoms. The Morgan fingerprint density at radius 1 is 1.08 bits per heavy atom. The molecule has 134 valence electrons. The normalized spacial score (nSPS) is 16.7. The van der Waals surface area contributed by atoms with E-state index in [9.17, 15) is 0 Å². The maximum Gasteiger partial charge on any atom is 0.205 e. The van der Waals surface area contributed by atoms with Gasteiger partial charge in [-0.25, -0.2) is 9.97 Å². The maximum atomic E-state index is 5.52. The highest BCUT2D eigenvalue weighted by atomic mass is 16.5. The summed E-state index contributed by atoms with van der Waals surface area (Å²) in [7, 11) is 4.80. The molecule has 0 aliphatic heterocycles. The predicted octanol–water partition coefficient (Wildman–Crippen LogP) is 3.81. The molecule has 0 bridgehead atoms. The van der Waals surface area contributed by atoms with Gasteiger partial charge in [0.1, 0.15) is 17.7 Å². The van der Waals surface area contributed by atoms with Crippen LogP contribution in [0, 0.1) is 5.92 Å². The molecule has 3 rings (SSSR count). The van der Waals surface area contributed by atoms with Crippen molar-refractivity contribution in [2.75, 3.05) is 33.2 Å². The average molecular weight is 343 g/mol. The number of anilines is 1. The average Bonchev–Trinajstić information content (AvgIpc) is 2.67. The van der Waals surface area contributed by atoms with Crippen molar-refractivity contribution in [3.63, 3.8) is 0 Å². The van der Waals surface area contributed by atoms with E-state index in [2.05, 4.69) is 27.4 Å². The van der Waals surface area contributed by atoms with E-state index in [-0.39, 0.29) is 0 Å². The number of nitrogens with one attached hydrogen (secondary N) is 1. The minimum atomic E-state index is 0.538. The van der Waals surface area contributed by atoms with Crippen LogP contribution in [-0.2, 0) is 0 Å². The van der Waals surface area contributed by atoms with E-state index >= 15 is 0 Å². The van der Waals surface area contributed by atoms with Gasteiger partial charge in [0.2, 0.25) is 5.75 Å². The Morgan fingerprint density at radius 2 is 1.92 bits per heavy atom. The van der Waals surface area contributed by atoms with Crippen molar-refractivity contribution in [3.05, 3.63) is 24.5 Å². The number of hydrogen-bond donors (Lipinski definition) is 1. The third-order valence-corrected chi connectivity index (χ3v) is 4.66. The molecule has 1 heterocycles. The van der Waals surface area contributed by atoms with Crippen LogP contribution >= 0.6 is 0 Å². The van der Waals surface area contributed by atoms with Crippen molar-refractivity contribution in [1.82, 2.24) is 9.97 Å². The first-order valence-electron chi connectivity index (χ1n) is 8.61. The van der Waals surface area contributed by atoms with E-state index in [1.165, 1.54) is 19.3 Å². The van der Waals surface area contributed by atoms with Gasteiger partial charge in [-0.3, -0.25) is 0 Å². The molecule has 0 spiro atoms. The summed E-state index contributed by atoms with van der Waals surface area (Å²) in [4.78, 5) is 8.78. The molecular formula is C19H25N3O3. The monoisotopic (exact) mass is 343 g/mol. The first kappa shape index (κ1) is 17.3. The van der Waals surface area contributed by atoms with Crippen molar-refractivity contribution in [2.45, 2.75) is 25.7 Å². The summed E-state index contributed by atoms with van der Waals surface area (Å²) in [6, 6.07) is 1.89. The number of benzene rings is 1. The molecule has 0 saturated carbocycles. The fraction of sp³-hybridized carbons (Fsp3) is 0.474. The summed E-state index contributed by atoms with van der Waals surface area (Å²) < 4.78 is 16.4. The van der Waals surface area contributed by atoms with Gasteiger partial charge in [-0.05, 0) is 37.7 Å². The second-order valence-electron chi connectivity index (χ2n) is 6.13. The van der Waals surface area contributed by atoms with Gasteiger partial charge in [-0.1, -0.05) is 12.2 Å². The standard InChI is InChI=1S/C19H25N3O3/c1-23-15-11-14-16(18(25-3)17(15)24-2)21-12-22-19(14)20-10-9-13-7-5-4-6-8-13/h4-5,11-13H,6-10H2,1-3H3,(H,20,21,22). The Labute approximate surface area is 148 Å².